The Bertz CT molecular complexity index is 1320. The quantitative estimate of drug-likeness (QED) is 0.448. The average molecular weight is 540 g/mol. The predicted molar refractivity (Wildman–Crippen MR) is 146 cm³/mol. The molecule has 2 saturated heterocycles. The van der Waals surface area contributed by atoms with Crippen LogP contribution in [0.1, 0.15) is 11.1 Å². The van der Waals surface area contributed by atoms with E-state index in [2.05, 4.69) is 0 Å². The van der Waals surface area contributed by atoms with Gasteiger partial charge in [0.1, 0.15) is 11.5 Å². The van der Waals surface area contributed by atoms with Crippen molar-refractivity contribution >= 4 is 63.7 Å². The first kappa shape index (κ1) is 26.4. The van der Waals surface area contributed by atoms with Gasteiger partial charge in [0.2, 0.25) is 0 Å². The maximum Gasteiger partial charge on any atom is 0.293 e. The van der Waals surface area contributed by atoms with Gasteiger partial charge in [0.15, 0.2) is 0 Å². The number of anilines is 1. The molecule has 0 radical (unpaired) electrons. The van der Waals surface area contributed by atoms with E-state index in [-0.39, 0.29) is 18.0 Å². The summed E-state index contributed by atoms with van der Waals surface area (Å²) < 4.78 is 10.5. The normalized spacial score (nSPS) is 17.9. The van der Waals surface area contributed by atoms with E-state index >= 15 is 0 Å². The summed E-state index contributed by atoms with van der Waals surface area (Å²) in [7, 11) is 6.91. The van der Waals surface area contributed by atoms with Crippen molar-refractivity contribution < 1.29 is 28.7 Å². The Morgan fingerprint density at radius 1 is 0.784 bits per heavy atom. The highest BCUT2D eigenvalue weighted by atomic mass is 32.2. The van der Waals surface area contributed by atoms with E-state index in [1.54, 1.807) is 30.4 Å². The Balaban J connectivity index is 1.43. The third-order valence-corrected chi connectivity index (χ3v) is 7.54. The molecule has 0 aliphatic carbocycles. The van der Waals surface area contributed by atoms with Crippen LogP contribution in [0.5, 0.6) is 11.5 Å². The smallest absolute Gasteiger partial charge is 0.293 e. The molecule has 2 aliphatic heterocycles. The Morgan fingerprint density at radius 3 is 1.86 bits per heavy atom. The fourth-order valence-electron chi connectivity index (χ4n) is 3.68. The number of thioether (sulfide) groups is 2. The first-order valence-electron chi connectivity index (χ1n) is 11.2. The number of imide groups is 2. The van der Waals surface area contributed by atoms with Crippen LogP contribution in [0.25, 0.3) is 12.2 Å². The van der Waals surface area contributed by atoms with Crippen molar-refractivity contribution in [1.29, 1.82) is 0 Å². The number of hydrogen-bond donors (Lipinski definition) is 0. The number of hydrogen-bond acceptors (Lipinski definition) is 9. The highest BCUT2D eigenvalue weighted by molar-refractivity contribution is 8.18. The van der Waals surface area contributed by atoms with E-state index in [0.29, 0.717) is 22.0 Å². The minimum absolute atomic E-state index is 0.0846. The van der Waals surface area contributed by atoms with Gasteiger partial charge in [-0.1, -0.05) is 12.1 Å². The summed E-state index contributed by atoms with van der Waals surface area (Å²) in [5, 5.41) is -0.904. The standard InChI is InChI=1S/C26H25N3O6S2/c1-27(2)18-8-5-16(6-9-18)13-21-23(30)28(25(32)36-21)11-12-29-24(31)22(37-26(29)33)14-17-7-10-19(34-3)15-20(17)35-4/h5-10,13-15H,11-12H2,1-4H3/b21-13-,22-14+. The van der Waals surface area contributed by atoms with Crippen LogP contribution < -0.4 is 14.4 Å². The minimum atomic E-state index is -0.489. The van der Waals surface area contributed by atoms with Crippen LogP contribution in [0.4, 0.5) is 15.3 Å². The topological polar surface area (TPSA) is 96.5 Å². The molecule has 0 bridgehead atoms. The maximum absolute atomic E-state index is 12.9. The monoisotopic (exact) mass is 539 g/mol. The summed E-state index contributed by atoms with van der Waals surface area (Å²) >= 11 is 1.64. The summed E-state index contributed by atoms with van der Waals surface area (Å²) in [4.78, 5) is 55.5. The Labute approximate surface area is 223 Å². The molecule has 0 saturated carbocycles. The number of rotatable bonds is 8. The zero-order valence-corrected chi connectivity index (χ0v) is 22.4. The molecule has 2 heterocycles. The SMILES string of the molecule is COc1ccc(/C=C2/SC(=O)N(CCN3C(=O)S/C(=C\c4ccc(N(C)C)cc4)C3=O)C2=O)c(OC)c1. The summed E-state index contributed by atoms with van der Waals surface area (Å²) in [6.45, 7) is -0.177. The lowest BCUT2D eigenvalue weighted by atomic mass is 10.1. The second kappa shape index (κ2) is 11.1. The largest absolute Gasteiger partial charge is 0.497 e. The summed E-state index contributed by atoms with van der Waals surface area (Å²) in [5.41, 5.74) is 2.42. The van der Waals surface area contributed by atoms with Gasteiger partial charge in [-0.2, -0.15) is 0 Å². The number of carbonyl (C=O) groups excluding carboxylic acids is 4. The highest BCUT2D eigenvalue weighted by Gasteiger charge is 2.39. The van der Waals surface area contributed by atoms with Gasteiger partial charge in [-0.3, -0.25) is 29.0 Å². The van der Waals surface area contributed by atoms with Crippen molar-refractivity contribution in [3.63, 3.8) is 0 Å². The van der Waals surface area contributed by atoms with E-state index in [4.69, 9.17) is 9.47 Å². The summed E-state index contributed by atoms with van der Waals surface area (Å²) in [6.07, 6.45) is 3.24. The minimum Gasteiger partial charge on any atom is -0.497 e. The van der Waals surface area contributed by atoms with Gasteiger partial charge < -0.3 is 14.4 Å². The second-order valence-corrected chi connectivity index (χ2v) is 10.2. The Hall–Kier alpha value is -3.70. The van der Waals surface area contributed by atoms with E-state index in [9.17, 15) is 19.2 Å². The average Bonchev–Trinajstić information content (AvgIpc) is 3.31. The van der Waals surface area contributed by atoms with Gasteiger partial charge >= 0.3 is 0 Å². The molecule has 4 amide bonds. The van der Waals surface area contributed by atoms with E-state index in [1.165, 1.54) is 14.2 Å². The lowest BCUT2D eigenvalue weighted by molar-refractivity contribution is -0.125. The summed E-state index contributed by atoms with van der Waals surface area (Å²) in [5.74, 6) is 0.152. The van der Waals surface area contributed by atoms with Crippen molar-refractivity contribution in [2.75, 3.05) is 46.3 Å². The number of methoxy groups -OCH3 is 2. The number of carbonyl (C=O) groups is 4. The molecule has 4 rings (SSSR count). The molecule has 0 spiro atoms. The number of ether oxygens (including phenoxy) is 2. The van der Waals surface area contributed by atoms with Crippen molar-refractivity contribution in [2.45, 2.75) is 0 Å². The van der Waals surface area contributed by atoms with Crippen LogP contribution in [0.15, 0.2) is 52.3 Å². The zero-order valence-electron chi connectivity index (χ0n) is 20.7. The van der Waals surface area contributed by atoms with Gasteiger partial charge in [-0.05, 0) is 65.5 Å². The first-order chi connectivity index (χ1) is 17.7. The van der Waals surface area contributed by atoms with Gasteiger partial charge in [0.05, 0.1) is 24.0 Å². The van der Waals surface area contributed by atoms with Crippen LogP contribution in [0, 0.1) is 0 Å². The van der Waals surface area contributed by atoms with Crippen LogP contribution in [0.3, 0.4) is 0 Å². The third-order valence-electron chi connectivity index (χ3n) is 5.73. The van der Waals surface area contributed by atoms with Crippen LogP contribution in [-0.2, 0) is 9.59 Å². The summed E-state index contributed by atoms with van der Waals surface area (Å²) in [6, 6.07) is 12.7. The van der Waals surface area contributed by atoms with Gasteiger partial charge in [-0.25, -0.2) is 0 Å². The van der Waals surface area contributed by atoms with Crippen LogP contribution in [0.2, 0.25) is 0 Å². The fraction of sp³-hybridized carbons (Fsp3) is 0.231. The molecular formula is C26H25N3O6S2. The molecule has 2 fully saturated rings. The van der Waals surface area contributed by atoms with Crippen molar-refractivity contribution in [3.8, 4) is 11.5 Å². The number of benzene rings is 2. The molecular weight excluding hydrogens is 514 g/mol. The molecule has 0 unspecified atom stereocenters. The maximum atomic E-state index is 12.9. The van der Waals surface area contributed by atoms with Crippen molar-refractivity contribution in [1.82, 2.24) is 9.80 Å². The van der Waals surface area contributed by atoms with Gasteiger partial charge in [-0.15, -0.1) is 0 Å². The van der Waals surface area contributed by atoms with E-state index in [1.807, 2.05) is 43.3 Å². The van der Waals surface area contributed by atoms with Gasteiger partial charge in [0.25, 0.3) is 22.3 Å². The Morgan fingerprint density at radius 2 is 1.35 bits per heavy atom. The number of amides is 4. The molecule has 0 atom stereocenters. The third kappa shape index (κ3) is 5.67. The molecule has 0 N–H and O–H groups in total. The van der Waals surface area contributed by atoms with E-state index in [0.717, 1.165) is 44.6 Å². The molecule has 2 aliphatic rings. The van der Waals surface area contributed by atoms with Crippen LogP contribution >= 0.6 is 23.5 Å². The molecule has 0 aromatic heterocycles. The molecule has 37 heavy (non-hydrogen) atoms. The lowest BCUT2D eigenvalue weighted by Gasteiger charge is -2.17. The first-order valence-corrected chi connectivity index (χ1v) is 12.8. The molecule has 11 heteroatoms. The molecule has 2 aromatic carbocycles. The number of nitrogens with zero attached hydrogens (tertiary/aromatic N) is 3. The lowest BCUT2D eigenvalue weighted by Crippen LogP contribution is -2.39. The molecule has 2 aromatic rings. The van der Waals surface area contributed by atoms with Gasteiger partial charge in [0, 0.05) is 44.5 Å². The van der Waals surface area contributed by atoms with Crippen molar-refractivity contribution in [3.05, 3.63) is 63.4 Å². The predicted octanol–water partition coefficient (Wildman–Crippen LogP) is 4.54. The zero-order chi connectivity index (χ0) is 26.7. The second-order valence-electron chi connectivity index (χ2n) is 8.26. The van der Waals surface area contributed by atoms with E-state index < -0.39 is 22.3 Å². The fourth-order valence-corrected chi connectivity index (χ4v) is 5.41. The molecule has 192 valence electrons. The molecule has 9 nitrogen and oxygen atoms in total. The highest BCUT2D eigenvalue weighted by Crippen LogP contribution is 2.36. The Kier molecular flexibility index (Phi) is 7.94. The van der Waals surface area contributed by atoms with Crippen molar-refractivity contribution in [2.24, 2.45) is 0 Å². The van der Waals surface area contributed by atoms with Crippen LogP contribution in [-0.4, -0.2) is 73.5 Å².